The van der Waals surface area contributed by atoms with E-state index in [2.05, 4.69) is 20.4 Å². The van der Waals surface area contributed by atoms with E-state index >= 15 is 0 Å². The summed E-state index contributed by atoms with van der Waals surface area (Å²) in [6.45, 7) is 0.718. The molecule has 1 aromatic heterocycles. The fourth-order valence-electron chi connectivity index (χ4n) is 4.62. The molecule has 2 heterocycles. The number of nitrogens with two attached hydrogens (primary N) is 1. The second kappa shape index (κ2) is 13.3. The molecule has 1 aliphatic rings. The van der Waals surface area contributed by atoms with Gasteiger partial charge in [0.15, 0.2) is 0 Å². The first kappa shape index (κ1) is 30.3. The van der Waals surface area contributed by atoms with Gasteiger partial charge in [0.05, 0.1) is 49.5 Å². The summed E-state index contributed by atoms with van der Waals surface area (Å²) in [6, 6.07) is 8.54. The van der Waals surface area contributed by atoms with E-state index in [4.69, 9.17) is 10.5 Å². The van der Waals surface area contributed by atoms with Gasteiger partial charge >= 0.3 is 6.36 Å². The van der Waals surface area contributed by atoms with Crippen molar-refractivity contribution in [2.45, 2.75) is 43.3 Å². The van der Waals surface area contributed by atoms with E-state index in [9.17, 15) is 31.9 Å². The minimum Gasteiger partial charge on any atom is -0.406 e. The molecule has 1 fully saturated rings. The van der Waals surface area contributed by atoms with Crippen LogP contribution in [0.1, 0.15) is 29.0 Å². The number of carbonyl (C=O) groups is 1. The molecule has 0 spiro atoms. The van der Waals surface area contributed by atoms with Gasteiger partial charge < -0.3 is 30.9 Å². The van der Waals surface area contributed by atoms with Gasteiger partial charge in [-0.15, -0.1) is 13.2 Å². The van der Waals surface area contributed by atoms with Crippen LogP contribution in [-0.2, 0) is 16.0 Å². The number of rotatable bonds is 10. The maximum Gasteiger partial charge on any atom is 0.573 e. The minimum atomic E-state index is -4.88. The first-order valence-electron chi connectivity index (χ1n) is 12.8. The zero-order valence-corrected chi connectivity index (χ0v) is 21.7. The van der Waals surface area contributed by atoms with Gasteiger partial charge in [0, 0.05) is 18.0 Å². The maximum atomic E-state index is 14.8. The Bertz CT molecular complexity index is 1300. The van der Waals surface area contributed by atoms with Crippen LogP contribution in [0.3, 0.4) is 0 Å². The quantitative estimate of drug-likeness (QED) is 0.271. The Hall–Kier alpha value is -3.65. The van der Waals surface area contributed by atoms with Crippen LogP contribution in [0.4, 0.5) is 27.6 Å². The Morgan fingerprint density at radius 1 is 1.12 bits per heavy atom. The summed E-state index contributed by atoms with van der Waals surface area (Å²) in [4.78, 5) is 17.2. The van der Waals surface area contributed by atoms with Crippen molar-refractivity contribution in [1.29, 1.82) is 0 Å². The number of carbonyl (C=O) groups excluding carboxylic acids is 1. The lowest BCUT2D eigenvalue weighted by atomic mass is 9.85. The number of amides is 1. The van der Waals surface area contributed by atoms with Crippen molar-refractivity contribution in [3.63, 3.8) is 0 Å². The van der Waals surface area contributed by atoms with Gasteiger partial charge in [-0.3, -0.25) is 9.78 Å². The summed E-state index contributed by atoms with van der Waals surface area (Å²) >= 11 is 0. The largest absolute Gasteiger partial charge is 0.573 e. The zero-order valence-electron chi connectivity index (χ0n) is 21.7. The SMILES string of the molecule is NC(C(=O)Nc1cncc(F)c1CC[C@@H]1CN[C@H](CO)CO1)[C@H](c1ccc(F)cc1)c1ccc(OC(F)(F)F)cc1. The Balaban J connectivity index is 1.53. The van der Waals surface area contributed by atoms with Crippen LogP contribution in [-0.4, -0.2) is 60.3 Å². The van der Waals surface area contributed by atoms with Crippen molar-refractivity contribution in [2.75, 3.05) is 25.1 Å². The summed E-state index contributed by atoms with van der Waals surface area (Å²) in [5.41, 5.74) is 7.48. The van der Waals surface area contributed by atoms with E-state index < -0.39 is 41.6 Å². The maximum absolute atomic E-state index is 14.8. The number of nitrogens with zero attached hydrogens (tertiary/aromatic N) is 1. The highest BCUT2D eigenvalue weighted by atomic mass is 19.4. The van der Waals surface area contributed by atoms with Crippen LogP contribution < -0.4 is 21.1 Å². The van der Waals surface area contributed by atoms with Gasteiger partial charge in [-0.05, 0) is 48.2 Å². The van der Waals surface area contributed by atoms with E-state index in [0.29, 0.717) is 30.7 Å². The molecular formula is C28H29F5N4O4. The van der Waals surface area contributed by atoms with Crippen LogP contribution in [0.5, 0.6) is 5.75 Å². The van der Waals surface area contributed by atoms with Gasteiger partial charge in [-0.1, -0.05) is 24.3 Å². The summed E-state index contributed by atoms with van der Waals surface area (Å²) in [5.74, 6) is -3.24. The molecular weight excluding hydrogens is 551 g/mol. The molecule has 1 aliphatic heterocycles. The van der Waals surface area contributed by atoms with E-state index in [-0.39, 0.29) is 36.4 Å². The number of halogens is 5. The molecule has 0 aliphatic carbocycles. The molecule has 1 amide bonds. The Morgan fingerprint density at radius 2 is 1.78 bits per heavy atom. The smallest absolute Gasteiger partial charge is 0.406 e. The molecule has 8 nitrogen and oxygen atoms in total. The summed E-state index contributed by atoms with van der Waals surface area (Å²) in [7, 11) is 0. The van der Waals surface area contributed by atoms with Crippen molar-refractivity contribution >= 4 is 11.6 Å². The zero-order chi connectivity index (χ0) is 29.6. The van der Waals surface area contributed by atoms with Crippen LogP contribution in [0.2, 0.25) is 0 Å². The lowest BCUT2D eigenvalue weighted by Crippen LogP contribution is -2.48. The molecule has 3 aromatic rings. The van der Waals surface area contributed by atoms with Gasteiger partial charge in [-0.25, -0.2) is 8.78 Å². The molecule has 4 rings (SSSR count). The number of anilines is 1. The number of nitrogens with one attached hydrogen (secondary N) is 2. The first-order valence-corrected chi connectivity index (χ1v) is 12.8. The number of aliphatic hydroxyl groups excluding tert-OH is 1. The van der Waals surface area contributed by atoms with Crippen molar-refractivity contribution in [2.24, 2.45) is 5.73 Å². The van der Waals surface area contributed by atoms with Gasteiger partial charge in [-0.2, -0.15) is 0 Å². The monoisotopic (exact) mass is 580 g/mol. The number of alkyl halides is 3. The van der Waals surface area contributed by atoms with Crippen LogP contribution in [0.25, 0.3) is 0 Å². The molecule has 41 heavy (non-hydrogen) atoms. The summed E-state index contributed by atoms with van der Waals surface area (Å²) in [6.07, 6.45) is -2.17. The normalized spacial score (nSPS) is 18.9. The van der Waals surface area contributed by atoms with E-state index in [1.54, 1.807) is 0 Å². The third-order valence-electron chi connectivity index (χ3n) is 6.73. The number of ether oxygens (including phenoxy) is 2. The van der Waals surface area contributed by atoms with E-state index in [0.717, 1.165) is 18.3 Å². The molecule has 2 aromatic carbocycles. The molecule has 5 N–H and O–H groups in total. The second-order valence-corrected chi connectivity index (χ2v) is 9.59. The second-order valence-electron chi connectivity index (χ2n) is 9.59. The Morgan fingerprint density at radius 3 is 2.37 bits per heavy atom. The highest BCUT2D eigenvalue weighted by Gasteiger charge is 2.32. The average molecular weight is 581 g/mol. The molecule has 0 saturated carbocycles. The van der Waals surface area contributed by atoms with Gasteiger partial charge in [0.2, 0.25) is 5.91 Å². The van der Waals surface area contributed by atoms with Crippen molar-refractivity contribution in [1.82, 2.24) is 10.3 Å². The molecule has 13 heteroatoms. The lowest BCUT2D eigenvalue weighted by molar-refractivity contribution is -0.274. The van der Waals surface area contributed by atoms with Crippen LogP contribution >= 0.6 is 0 Å². The predicted octanol–water partition coefficient (Wildman–Crippen LogP) is 3.64. The van der Waals surface area contributed by atoms with E-state index in [1.165, 1.54) is 42.6 Å². The molecule has 220 valence electrons. The Kier molecular flexibility index (Phi) is 9.86. The standard InChI is InChI=1S/C28H29F5N4O4/c29-18-5-1-16(2-6-18)25(17-3-7-20(8-4-17)41-28(31,32)33)26(34)27(39)37-24-13-35-12-23(30)22(24)10-9-21-11-36-19(14-38)15-40-21/h1-8,12-13,19,21,25-26,36,38H,9-11,14-15,34H2,(H,37,39)/t19-,21-,25-,26?/m1/s1. The van der Waals surface area contributed by atoms with Crippen LogP contribution in [0.15, 0.2) is 60.9 Å². The van der Waals surface area contributed by atoms with Crippen molar-refractivity contribution < 1.29 is 41.3 Å². The summed E-state index contributed by atoms with van der Waals surface area (Å²) in [5, 5.41) is 15.0. The number of hydrogen-bond donors (Lipinski definition) is 4. The molecule has 1 unspecified atom stereocenters. The Labute approximate surface area is 232 Å². The third kappa shape index (κ3) is 8.19. The van der Waals surface area contributed by atoms with Crippen molar-refractivity contribution in [3.05, 3.63) is 89.2 Å². The summed E-state index contributed by atoms with van der Waals surface area (Å²) < 4.78 is 75.9. The molecule has 0 radical (unpaired) electrons. The fourth-order valence-corrected chi connectivity index (χ4v) is 4.62. The third-order valence-corrected chi connectivity index (χ3v) is 6.73. The van der Waals surface area contributed by atoms with Gasteiger partial charge in [0.25, 0.3) is 0 Å². The minimum absolute atomic E-state index is 0.0630. The lowest BCUT2D eigenvalue weighted by Gasteiger charge is -2.29. The molecule has 4 atom stereocenters. The highest BCUT2D eigenvalue weighted by Crippen LogP contribution is 2.31. The number of aromatic nitrogens is 1. The highest BCUT2D eigenvalue weighted by molar-refractivity contribution is 5.96. The fraction of sp³-hybridized carbons (Fsp3) is 0.357. The molecule has 1 saturated heterocycles. The number of aliphatic hydroxyl groups is 1. The number of pyridine rings is 1. The average Bonchev–Trinajstić information content (AvgIpc) is 2.94. The number of morpholine rings is 1. The number of hydrogen-bond acceptors (Lipinski definition) is 7. The topological polar surface area (TPSA) is 119 Å². The first-order chi connectivity index (χ1) is 19.5. The molecule has 0 bridgehead atoms. The van der Waals surface area contributed by atoms with Crippen LogP contribution in [0, 0.1) is 11.6 Å². The van der Waals surface area contributed by atoms with Crippen molar-refractivity contribution in [3.8, 4) is 5.75 Å². The van der Waals surface area contributed by atoms with Gasteiger partial charge in [0.1, 0.15) is 17.4 Å². The predicted molar refractivity (Wildman–Crippen MR) is 139 cm³/mol. The number of benzene rings is 2. The van der Waals surface area contributed by atoms with E-state index in [1.807, 2.05) is 0 Å².